The lowest BCUT2D eigenvalue weighted by Gasteiger charge is -2.21. The lowest BCUT2D eigenvalue weighted by atomic mass is 9.82. The van der Waals surface area contributed by atoms with Gasteiger partial charge in [-0.2, -0.15) is 0 Å². The highest BCUT2D eigenvalue weighted by molar-refractivity contribution is 6.12. The normalized spacial score (nSPS) is 13.2. The molecule has 46 heavy (non-hydrogen) atoms. The van der Waals surface area contributed by atoms with Gasteiger partial charge in [0.25, 0.3) is 0 Å². The zero-order valence-electron chi connectivity index (χ0n) is 25.5. The summed E-state index contributed by atoms with van der Waals surface area (Å²) in [7, 11) is 0. The van der Waals surface area contributed by atoms with Crippen molar-refractivity contribution in [1.29, 1.82) is 0 Å². The Bertz CT molecular complexity index is 2370. The summed E-state index contributed by atoms with van der Waals surface area (Å²) in [5.74, 6) is 1.34. The third kappa shape index (κ3) is 4.02. The summed E-state index contributed by atoms with van der Waals surface area (Å²) in [5, 5.41) is 2.26. The molecule has 9 rings (SSSR count). The Hall–Kier alpha value is -5.94. The van der Waals surface area contributed by atoms with Crippen LogP contribution in [0.1, 0.15) is 25.0 Å². The molecule has 0 aliphatic heterocycles. The summed E-state index contributed by atoms with van der Waals surface area (Å²) in [5.41, 5.74) is 12.1. The van der Waals surface area contributed by atoms with Crippen LogP contribution in [-0.4, -0.2) is 24.5 Å². The van der Waals surface area contributed by atoms with Gasteiger partial charge in [-0.1, -0.05) is 98.8 Å². The SMILES string of the molecule is CC1(C)c2ccccc2-c2cc3c4cc(-c5nc(-c6ccccc6)cc(-c6ccccc6)n5)ccc4n(-c4ncccn4)c3cc21. The van der Waals surface area contributed by atoms with Crippen LogP contribution in [0.4, 0.5) is 0 Å². The van der Waals surface area contributed by atoms with Crippen LogP contribution in [0.2, 0.25) is 0 Å². The standard InChI is InChI=1S/C41H29N5/c1-41(2)33-17-10-9-16-29(33)30-23-32-31-22-28(18-19-37(31)46(38(32)24-34(30)41)40-42-20-11-21-43-40)39-44-35(26-12-5-3-6-13-26)25-36(45-39)27-14-7-4-8-15-27/h3-25H,1-2H3. The minimum absolute atomic E-state index is 0.121. The summed E-state index contributed by atoms with van der Waals surface area (Å²) < 4.78 is 2.18. The number of hydrogen-bond acceptors (Lipinski definition) is 4. The molecule has 0 fully saturated rings. The largest absolute Gasteiger partial charge is 0.278 e. The third-order valence-corrected chi connectivity index (χ3v) is 9.34. The van der Waals surface area contributed by atoms with Crippen LogP contribution in [0.15, 0.2) is 140 Å². The number of aromatic nitrogens is 5. The van der Waals surface area contributed by atoms with Crippen molar-refractivity contribution in [2.24, 2.45) is 0 Å². The molecule has 1 aliphatic rings. The Morgan fingerprint density at radius 3 is 1.83 bits per heavy atom. The van der Waals surface area contributed by atoms with E-state index in [1.807, 2.05) is 42.5 Å². The maximum Gasteiger partial charge on any atom is 0.234 e. The van der Waals surface area contributed by atoms with Crippen LogP contribution >= 0.6 is 0 Å². The minimum Gasteiger partial charge on any atom is -0.278 e. The van der Waals surface area contributed by atoms with Crippen molar-refractivity contribution in [1.82, 2.24) is 24.5 Å². The van der Waals surface area contributed by atoms with Crippen LogP contribution in [0.5, 0.6) is 0 Å². The van der Waals surface area contributed by atoms with Crippen LogP contribution in [0, 0.1) is 0 Å². The van der Waals surface area contributed by atoms with Gasteiger partial charge in [0.1, 0.15) is 0 Å². The third-order valence-electron chi connectivity index (χ3n) is 9.34. The Kier molecular flexibility index (Phi) is 5.78. The first-order valence-electron chi connectivity index (χ1n) is 15.6. The molecule has 0 spiro atoms. The summed E-state index contributed by atoms with van der Waals surface area (Å²) in [4.78, 5) is 19.6. The zero-order chi connectivity index (χ0) is 30.8. The second kappa shape index (κ2) is 10.0. The van der Waals surface area contributed by atoms with Crippen LogP contribution < -0.4 is 0 Å². The van der Waals surface area contributed by atoms with Gasteiger partial charge < -0.3 is 0 Å². The van der Waals surface area contributed by atoms with E-state index in [2.05, 4.69) is 113 Å². The second-order valence-electron chi connectivity index (χ2n) is 12.4. The molecule has 0 bridgehead atoms. The van der Waals surface area contributed by atoms with Crippen molar-refractivity contribution in [2.75, 3.05) is 0 Å². The molecule has 3 heterocycles. The van der Waals surface area contributed by atoms with Gasteiger partial charge >= 0.3 is 0 Å². The van der Waals surface area contributed by atoms with E-state index in [9.17, 15) is 0 Å². The molecular formula is C41H29N5. The molecule has 0 saturated heterocycles. The average molecular weight is 592 g/mol. The fraction of sp³-hybridized carbons (Fsp3) is 0.0732. The van der Waals surface area contributed by atoms with Crippen molar-refractivity contribution < 1.29 is 0 Å². The van der Waals surface area contributed by atoms with Crippen molar-refractivity contribution in [3.63, 3.8) is 0 Å². The minimum atomic E-state index is -0.121. The first kappa shape index (κ1) is 26.5. The number of benzene rings is 5. The fourth-order valence-electron chi connectivity index (χ4n) is 7.06. The molecule has 1 aliphatic carbocycles. The monoisotopic (exact) mass is 591 g/mol. The number of hydrogen-bond donors (Lipinski definition) is 0. The van der Waals surface area contributed by atoms with Crippen molar-refractivity contribution >= 4 is 21.8 Å². The maximum atomic E-state index is 5.12. The molecule has 218 valence electrons. The van der Waals surface area contributed by atoms with E-state index in [-0.39, 0.29) is 5.41 Å². The maximum absolute atomic E-state index is 5.12. The van der Waals surface area contributed by atoms with Crippen molar-refractivity contribution in [2.45, 2.75) is 19.3 Å². The summed E-state index contributed by atoms with van der Waals surface area (Å²) in [6.07, 6.45) is 3.60. The fourth-order valence-corrected chi connectivity index (χ4v) is 7.06. The number of rotatable bonds is 4. The van der Waals surface area contributed by atoms with Gasteiger partial charge in [0.05, 0.1) is 22.4 Å². The Labute approximate surface area is 266 Å². The topological polar surface area (TPSA) is 56.5 Å². The number of fused-ring (bicyclic) bond motifs is 6. The van der Waals surface area contributed by atoms with E-state index in [1.54, 1.807) is 12.4 Å². The van der Waals surface area contributed by atoms with Crippen LogP contribution in [0.3, 0.4) is 0 Å². The van der Waals surface area contributed by atoms with E-state index < -0.39 is 0 Å². The van der Waals surface area contributed by atoms with E-state index in [0.29, 0.717) is 11.8 Å². The van der Waals surface area contributed by atoms with Gasteiger partial charge in [-0.3, -0.25) is 4.57 Å². The zero-order valence-corrected chi connectivity index (χ0v) is 25.5. The molecule has 0 saturated carbocycles. The average Bonchev–Trinajstić information content (AvgIpc) is 3.56. The molecule has 0 N–H and O–H groups in total. The predicted molar refractivity (Wildman–Crippen MR) is 186 cm³/mol. The number of nitrogens with zero attached hydrogens (tertiary/aromatic N) is 5. The van der Waals surface area contributed by atoms with Crippen LogP contribution in [0.25, 0.3) is 72.8 Å². The molecule has 0 unspecified atom stereocenters. The summed E-state index contributed by atoms with van der Waals surface area (Å²) in [6.45, 7) is 4.63. The van der Waals surface area contributed by atoms with Crippen molar-refractivity contribution in [3.05, 3.63) is 151 Å². The predicted octanol–water partition coefficient (Wildman–Crippen LogP) is 9.67. The molecule has 5 heteroatoms. The molecule has 0 radical (unpaired) electrons. The smallest absolute Gasteiger partial charge is 0.234 e. The molecule has 3 aromatic heterocycles. The first-order chi connectivity index (χ1) is 22.6. The van der Waals surface area contributed by atoms with Gasteiger partial charge in [-0.15, -0.1) is 0 Å². The first-order valence-corrected chi connectivity index (χ1v) is 15.6. The molecule has 5 nitrogen and oxygen atoms in total. The van der Waals surface area contributed by atoms with Gasteiger partial charge in [-0.25, -0.2) is 19.9 Å². The molecule has 8 aromatic rings. The van der Waals surface area contributed by atoms with Gasteiger partial charge in [0, 0.05) is 45.3 Å². The highest BCUT2D eigenvalue weighted by Gasteiger charge is 2.36. The highest BCUT2D eigenvalue weighted by Crippen LogP contribution is 2.51. The van der Waals surface area contributed by atoms with Gasteiger partial charge in [0.2, 0.25) is 5.95 Å². The quantitative estimate of drug-likeness (QED) is 0.204. The van der Waals surface area contributed by atoms with Crippen LogP contribution in [-0.2, 0) is 5.41 Å². The molecule has 0 amide bonds. The van der Waals surface area contributed by atoms with E-state index >= 15 is 0 Å². The van der Waals surface area contributed by atoms with Crippen molar-refractivity contribution in [3.8, 4) is 51.0 Å². The molecule has 0 atom stereocenters. The lowest BCUT2D eigenvalue weighted by molar-refractivity contribution is 0.661. The van der Waals surface area contributed by atoms with E-state index in [4.69, 9.17) is 9.97 Å². The van der Waals surface area contributed by atoms with Gasteiger partial charge in [-0.05, 0) is 64.7 Å². The lowest BCUT2D eigenvalue weighted by Crippen LogP contribution is -2.15. The second-order valence-corrected chi connectivity index (χ2v) is 12.4. The van der Waals surface area contributed by atoms with E-state index in [1.165, 1.54) is 22.3 Å². The Morgan fingerprint density at radius 2 is 1.13 bits per heavy atom. The highest BCUT2D eigenvalue weighted by atomic mass is 15.1. The molecule has 5 aromatic carbocycles. The Morgan fingerprint density at radius 1 is 0.500 bits per heavy atom. The summed E-state index contributed by atoms with van der Waals surface area (Å²) in [6, 6.07) is 44.5. The van der Waals surface area contributed by atoms with Gasteiger partial charge in [0.15, 0.2) is 5.82 Å². The summed E-state index contributed by atoms with van der Waals surface area (Å²) >= 11 is 0. The van der Waals surface area contributed by atoms with E-state index in [0.717, 1.165) is 49.9 Å². The molecular weight excluding hydrogens is 562 g/mol. The Balaban J connectivity index is 1.32.